The van der Waals surface area contributed by atoms with E-state index in [1.807, 2.05) is 0 Å². The van der Waals surface area contributed by atoms with E-state index >= 15 is 0 Å². The fourth-order valence-electron chi connectivity index (χ4n) is 5.01. The molecule has 0 nitrogen and oxygen atoms in total. The van der Waals surface area contributed by atoms with Gasteiger partial charge in [0.25, 0.3) is 0 Å². The topological polar surface area (TPSA) is 0 Å². The zero-order valence-corrected chi connectivity index (χ0v) is 8.56. The smallest absolute Gasteiger partial charge is 0.0235 e. The van der Waals surface area contributed by atoms with Crippen molar-refractivity contribution in [3.63, 3.8) is 0 Å². The highest BCUT2D eigenvalue weighted by Gasteiger charge is 2.80. The standard InChI is InChI=1S/C12H20/c1-4-8-9-10(8)12(3)7-5-6-11(9,12)2/h8-10H,4-7H2,1-3H3. The van der Waals surface area contributed by atoms with E-state index in [0.717, 1.165) is 28.6 Å². The monoisotopic (exact) mass is 164 g/mol. The van der Waals surface area contributed by atoms with Gasteiger partial charge in [0.15, 0.2) is 0 Å². The number of fused-ring (bicyclic) bond motifs is 4. The van der Waals surface area contributed by atoms with Gasteiger partial charge >= 0.3 is 0 Å². The zero-order chi connectivity index (χ0) is 8.56. The molecule has 0 spiro atoms. The van der Waals surface area contributed by atoms with Gasteiger partial charge in [0, 0.05) is 0 Å². The van der Waals surface area contributed by atoms with E-state index in [-0.39, 0.29) is 0 Å². The first kappa shape index (κ1) is 7.41. The maximum Gasteiger partial charge on any atom is -0.0235 e. The van der Waals surface area contributed by atoms with E-state index in [2.05, 4.69) is 20.8 Å². The lowest BCUT2D eigenvalue weighted by Gasteiger charge is -2.51. The van der Waals surface area contributed by atoms with Crippen molar-refractivity contribution in [1.29, 1.82) is 0 Å². The second kappa shape index (κ2) is 1.76. The summed E-state index contributed by atoms with van der Waals surface area (Å²) >= 11 is 0. The Morgan fingerprint density at radius 2 is 1.58 bits per heavy atom. The quantitative estimate of drug-likeness (QED) is 0.556. The highest BCUT2D eigenvalue weighted by atomic mass is 14.8. The zero-order valence-electron chi connectivity index (χ0n) is 8.56. The van der Waals surface area contributed by atoms with Gasteiger partial charge in [0.1, 0.15) is 0 Å². The summed E-state index contributed by atoms with van der Waals surface area (Å²) in [6, 6.07) is 0. The molecule has 0 aromatic heterocycles. The van der Waals surface area contributed by atoms with Crippen LogP contribution >= 0.6 is 0 Å². The lowest BCUT2D eigenvalue weighted by Crippen LogP contribution is -2.45. The summed E-state index contributed by atoms with van der Waals surface area (Å²) in [5, 5.41) is 0. The van der Waals surface area contributed by atoms with E-state index in [4.69, 9.17) is 0 Å². The first-order chi connectivity index (χ1) is 5.65. The van der Waals surface area contributed by atoms with Crippen LogP contribution in [0.5, 0.6) is 0 Å². The summed E-state index contributed by atoms with van der Waals surface area (Å²) < 4.78 is 0. The summed E-state index contributed by atoms with van der Waals surface area (Å²) in [6.45, 7) is 7.51. The minimum Gasteiger partial charge on any atom is -0.0651 e. The van der Waals surface area contributed by atoms with Crippen LogP contribution in [0.3, 0.4) is 0 Å². The average Bonchev–Trinajstić information content (AvgIpc) is 2.70. The Labute approximate surface area is 75.7 Å². The summed E-state index contributed by atoms with van der Waals surface area (Å²) in [4.78, 5) is 0. The molecule has 3 saturated carbocycles. The van der Waals surface area contributed by atoms with Crippen LogP contribution in [0.25, 0.3) is 0 Å². The molecule has 0 amide bonds. The van der Waals surface area contributed by atoms with E-state index in [0.29, 0.717) is 0 Å². The van der Waals surface area contributed by atoms with E-state index in [1.165, 1.54) is 25.7 Å². The van der Waals surface area contributed by atoms with Crippen LogP contribution in [0.2, 0.25) is 0 Å². The summed E-state index contributed by atoms with van der Waals surface area (Å²) in [5.41, 5.74) is 1.55. The SMILES string of the molecule is CCC1C2C1C1(C)CCCC21C. The number of hydrogen-bond donors (Lipinski definition) is 0. The molecule has 0 heteroatoms. The first-order valence-electron chi connectivity index (χ1n) is 5.65. The van der Waals surface area contributed by atoms with E-state index in [9.17, 15) is 0 Å². The summed E-state index contributed by atoms with van der Waals surface area (Å²) in [6.07, 6.45) is 6.01. The van der Waals surface area contributed by atoms with Crippen LogP contribution in [0.1, 0.15) is 46.5 Å². The van der Waals surface area contributed by atoms with Crippen molar-refractivity contribution in [2.45, 2.75) is 46.5 Å². The van der Waals surface area contributed by atoms with Crippen LogP contribution in [0, 0.1) is 28.6 Å². The highest BCUT2D eigenvalue weighted by Crippen LogP contribution is 2.86. The van der Waals surface area contributed by atoms with Crippen LogP contribution in [0.15, 0.2) is 0 Å². The molecule has 3 aliphatic rings. The van der Waals surface area contributed by atoms with Crippen molar-refractivity contribution >= 4 is 0 Å². The average molecular weight is 164 g/mol. The van der Waals surface area contributed by atoms with Crippen LogP contribution in [0.4, 0.5) is 0 Å². The summed E-state index contributed by atoms with van der Waals surface area (Å²) in [7, 11) is 0. The largest absolute Gasteiger partial charge is 0.0651 e. The van der Waals surface area contributed by atoms with Crippen LogP contribution in [-0.2, 0) is 0 Å². The fraction of sp³-hybridized carbons (Fsp3) is 1.00. The molecule has 0 radical (unpaired) electrons. The molecule has 3 rings (SSSR count). The molecule has 12 heavy (non-hydrogen) atoms. The normalized spacial score (nSPS) is 66.8. The van der Waals surface area contributed by atoms with Crippen molar-refractivity contribution < 1.29 is 0 Å². The third kappa shape index (κ3) is 0.482. The molecule has 0 heterocycles. The second-order valence-electron chi connectivity index (χ2n) is 5.81. The molecule has 3 fully saturated rings. The Morgan fingerprint density at radius 3 is 2.00 bits per heavy atom. The Hall–Kier alpha value is 0. The molecule has 0 bridgehead atoms. The van der Waals surface area contributed by atoms with Gasteiger partial charge in [-0.2, -0.15) is 0 Å². The maximum absolute atomic E-state index is 2.57. The molecule has 3 aliphatic carbocycles. The van der Waals surface area contributed by atoms with Gasteiger partial charge in [-0.05, 0) is 41.4 Å². The lowest BCUT2D eigenvalue weighted by molar-refractivity contribution is -0.0342. The fourth-order valence-corrected chi connectivity index (χ4v) is 5.01. The Kier molecular flexibility index (Phi) is 1.09. The molecule has 0 aromatic rings. The van der Waals surface area contributed by atoms with Crippen molar-refractivity contribution in [1.82, 2.24) is 0 Å². The molecule has 0 saturated heterocycles. The van der Waals surface area contributed by atoms with Gasteiger partial charge in [0.2, 0.25) is 0 Å². The second-order valence-corrected chi connectivity index (χ2v) is 5.81. The Bertz CT molecular complexity index is 210. The van der Waals surface area contributed by atoms with Crippen molar-refractivity contribution in [2.75, 3.05) is 0 Å². The minimum absolute atomic E-state index is 0.776. The lowest BCUT2D eigenvalue weighted by atomic mass is 9.53. The molecule has 0 aliphatic heterocycles. The molecular formula is C12H20. The van der Waals surface area contributed by atoms with Gasteiger partial charge < -0.3 is 0 Å². The third-order valence-corrected chi connectivity index (χ3v) is 5.81. The van der Waals surface area contributed by atoms with Gasteiger partial charge in [-0.15, -0.1) is 0 Å². The van der Waals surface area contributed by atoms with Gasteiger partial charge in [0.05, 0.1) is 0 Å². The van der Waals surface area contributed by atoms with Gasteiger partial charge in [-0.25, -0.2) is 0 Å². The van der Waals surface area contributed by atoms with Gasteiger partial charge in [-0.3, -0.25) is 0 Å². The molecule has 4 unspecified atom stereocenters. The summed E-state index contributed by atoms with van der Waals surface area (Å²) in [5.74, 6) is 3.42. The Balaban J connectivity index is 1.94. The predicted octanol–water partition coefficient (Wildman–Crippen LogP) is 3.47. The van der Waals surface area contributed by atoms with Crippen molar-refractivity contribution in [3.8, 4) is 0 Å². The highest BCUT2D eigenvalue weighted by molar-refractivity contribution is 5.28. The van der Waals surface area contributed by atoms with Crippen LogP contribution in [-0.4, -0.2) is 0 Å². The predicted molar refractivity (Wildman–Crippen MR) is 50.8 cm³/mol. The Morgan fingerprint density at radius 1 is 1.08 bits per heavy atom. The number of rotatable bonds is 1. The third-order valence-electron chi connectivity index (χ3n) is 5.81. The van der Waals surface area contributed by atoms with E-state index < -0.39 is 0 Å². The minimum atomic E-state index is 0.776. The van der Waals surface area contributed by atoms with Crippen LogP contribution < -0.4 is 0 Å². The molecule has 0 aromatic carbocycles. The van der Waals surface area contributed by atoms with Crippen molar-refractivity contribution in [2.24, 2.45) is 28.6 Å². The van der Waals surface area contributed by atoms with Gasteiger partial charge in [-0.1, -0.05) is 33.6 Å². The van der Waals surface area contributed by atoms with Crippen molar-refractivity contribution in [3.05, 3.63) is 0 Å². The first-order valence-corrected chi connectivity index (χ1v) is 5.65. The number of hydrogen-bond acceptors (Lipinski definition) is 0. The maximum atomic E-state index is 2.57. The molecule has 4 atom stereocenters. The molecule has 0 N–H and O–H groups in total. The molecule has 68 valence electrons. The molecular weight excluding hydrogens is 144 g/mol. The van der Waals surface area contributed by atoms with E-state index in [1.54, 1.807) is 0 Å².